The number of halogens is 1. The van der Waals surface area contributed by atoms with Crippen LogP contribution in [-0.2, 0) is 22.6 Å². The first kappa shape index (κ1) is 30.2. The van der Waals surface area contributed by atoms with Gasteiger partial charge in [0.05, 0.1) is 23.2 Å². The maximum atomic E-state index is 14.0. The zero-order chi connectivity index (χ0) is 30.1. The van der Waals surface area contributed by atoms with E-state index < -0.39 is 5.92 Å². The average Bonchev–Trinajstić information content (AvgIpc) is 3.71. The summed E-state index contributed by atoms with van der Waals surface area (Å²) >= 11 is 7.96. The molecule has 11 heteroatoms. The first-order valence-electron chi connectivity index (χ1n) is 15.8. The van der Waals surface area contributed by atoms with Gasteiger partial charge < -0.3 is 25.3 Å². The second-order valence-electron chi connectivity index (χ2n) is 12.7. The van der Waals surface area contributed by atoms with Crippen LogP contribution >= 0.6 is 22.9 Å². The minimum absolute atomic E-state index is 0.00485. The standard InChI is InChI=1S/C32H43ClN6O3S/c1-21-16-22(18-27(33)29(21)34)17-24(31(41)38-13-4-25(5-14-38)36-9-2-3-10-36)19-28(40)37-11-6-26(7-12-37)39-20-23-8-15-43-30(23)35-32(39)42/h8,15-16,18,24-26H,2-7,9-14,17,19-20,34H2,1H3,(H,35,42)/t24-/m0/s1. The number of nitrogens with zero attached hydrogens (tertiary/aromatic N) is 4. The van der Waals surface area contributed by atoms with Gasteiger partial charge in [0.25, 0.3) is 0 Å². The van der Waals surface area contributed by atoms with E-state index in [2.05, 4.69) is 16.3 Å². The Morgan fingerprint density at radius 3 is 2.40 bits per heavy atom. The molecule has 3 fully saturated rings. The number of likely N-dealkylation sites (tertiary alicyclic amines) is 3. The number of benzene rings is 1. The second-order valence-corrected chi connectivity index (χ2v) is 14.0. The number of anilines is 2. The molecule has 0 radical (unpaired) electrons. The fourth-order valence-corrected chi connectivity index (χ4v) is 8.44. The van der Waals surface area contributed by atoms with Gasteiger partial charge in [-0.15, -0.1) is 11.3 Å². The number of carbonyl (C=O) groups is 3. The fourth-order valence-electron chi connectivity index (χ4n) is 7.35. The van der Waals surface area contributed by atoms with Crippen LogP contribution in [0.5, 0.6) is 0 Å². The molecule has 43 heavy (non-hydrogen) atoms. The summed E-state index contributed by atoms with van der Waals surface area (Å²) in [6, 6.07) is 6.47. The number of carbonyl (C=O) groups excluding carboxylic acids is 3. The summed E-state index contributed by atoms with van der Waals surface area (Å²) in [5.74, 6) is -0.395. The van der Waals surface area contributed by atoms with E-state index in [0.29, 0.717) is 42.8 Å². The molecule has 4 aliphatic heterocycles. The van der Waals surface area contributed by atoms with Crippen LogP contribution in [0.3, 0.4) is 0 Å². The molecule has 5 heterocycles. The molecule has 0 saturated carbocycles. The van der Waals surface area contributed by atoms with Gasteiger partial charge in [0, 0.05) is 50.2 Å². The van der Waals surface area contributed by atoms with E-state index in [-0.39, 0.29) is 30.3 Å². The Hall–Kier alpha value is -2.82. The summed E-state index contributed by atoms with van der Waals surface area (Å²) in [5.41, 5.74) is 9.60. The Balaban J connectivity index is 1.10. The molecule has 1 aromatic carbocycles. The third-order valence-electron chi connectivity index (χ3n) is 9.91. The summed E-state index contributed by atoms with van der Waals surface area (Å²) < 4.78 is 0. The average molecular weight is 627 g/mol. The Kier molecular flexibility index (Phi) is 9.16. The number of aryl methyl sites for hydroxylation is 1. The lowest BCUT2D eigenvalue weighted by Crippen LogP contribution is -2.51. The van der Waals surface area contributed by atoms with Crippen LogP contribution in [-0.4, -0.2) is 88.8 Å². The topological polar surface area (TPSA) is 102 Å². The van der Waals surface area contributed by atoms with Gasteiger partial charge in [0.2, 0.25) is 11.8 Å². The maximum Gasteiger partial charge on any atom is 0.323 e. The predicted molar refractivity (Wildman–Crippen MR) is 171 cm³/mol. The highest BCUT2D eigenvalue weighted by atomic mass is 35.5. The zero-order valence-corrected chi connectivity index (χ0v) is 26.6. The molecule has 0 unspecified atom stereocenters. The maximum absolute atomic E-state index is 14.0. The first-order valence-corrected chi connectivity index (χ1v) is 17.0. The van der Waals surface area contributed by atoms with Crippen LogP contribution < -0.4 is 11.1 Å². The lowest BCUT2D eigenvalue weighted by Gasteiger charge is -2.40. The minimum atomic E-state index is -0.461. The van der Waals surface area contributed by atoms with Crippen molar-refractivity contribution in [2.45, 2.75) is 76.9 Å². The van der Waals surface area contributed by atoms with Crippen LogP contribution in [0.2, 0.25) is 5.02 Å². The van der Waals surface area contributed by atoms with Crippen molar-refractivity contribution < 1.29 is 14.4 Å². The van der Waals surface area contributed by atoms with E-state index in [0.717, 1.165) is 60.5 Å². The summed E-state index contributed by atoms with van der Waals surface area (Å²) in [6.45, 7) is 7.50. The molecule has 232 valence electrons. The third kappa shape index (κ3) is 6.66. The summed E-state index contributed by atoms with van der Waals surface area (Å²) in [7, 11) is 0. The van der Waals surface area contributed by atoms with Crippen molar-refractivity contribution in [3.8, 4) is 0 Å². The van der Waals surface area contributed by atoms with Gasteiger partial charge in [-0.05, 0) is 93.6 Å². The molecule has 3 saturated heterocycles. The number of nitrogens with two attached hydrogens (primary N) is 1. The second kappa shape index (κ2) is 13.0. The highest BCUT2D eigenvalue weighted by Crippen LogP contribution is 2.32. The highest BCUT2D eigenvalue weighted by Gasteiger charge is 2.36. The van der Waals surface area contributed by atoms with Crippen LogP contribution in [0, 0.1) is 12.8 Å². The van der Waals surface area contributed by atoms with Crippen molar-refractivity contribution in [1.82, 2.24) is 19.6 Å². The molecular formula is C32H43ClN6O3S. The van der Waals surface area contributed by atoms with Crippen LogP contribution in [0.1, 0.15) is 61.6 Å². The van der Waals surface area contributed by atoms with E-state index in [9.17, 15) is 14.4 Å². The van der Waals surface area contributed by atoms with Crippen LogP contribution in [0.25, 0.3) is 0 Å². The van der Waals surface area contributed by atoms with Gasteiger partial charge in [0.15, 0.2) is 0 Å². The zero-order valence-electron chi connectivity index (χ0n) is 25.0. The number of hydrogen-bond donors (Lipinski definition) is 2. The third-order valence-corrected chi connectivity index (χ3v) is 11.1. The quantitative estimate of drug-likeness (QED) is 0.423. The molecule has 6 rings (SSSR count). The van der Waals surface area contributed by atoms with Crippen molar-refractivity contribution in [3.63, 3.8) is 0 Å². The molecule has 0 aliphatic carbocycles. The van der Waals surface area contributed by atoms with Gasteiger partial charge in [-0.2, -0.15) is 0 Å². The van der Waals surface area contributed by atoms with Gasteiger partial charge in [0.1, 0.15) is 5.00 Å². The minimum Gasteiger partial charge on any atom is -0.397 e. The monoisotopic (exact) mass is 626 g/mol. The number of thiophene rings is 1. The van der Waals surface area contributed by atoms with Crippen molar-refractivity contribution >= 4 is 51.5 Å². The Bertz CT molecular complexity index is 1320. The molecule has 1 aromatic heterocycles. The Morgan fingerprint density at radius 2 is 1.70 bits per heavy atom. The van der Waals surface area contributed by atoms with E-state index in [1.165, 1.54) is 25.9 Å². The van der Waals surface area contributed by atoms with Crippen molar-refractivity contribution in [1.29, 1.82) is 0 Å². The van der Waals surface area contributed by atoms with Crippen LogP contribution in [0.15, 0.2) is 23.6 Å². The summed E-state index contributed by atoms with van der Waals surface area (Å²) in [4.78, 5) is 48.8. The number of amides is 4. The lowest BCUT2D eigenvalue weighted by atomic mass is 9.91. The Morgan fingerprint density at radius 1 is 1.02 bits per heavy atom. The van der Waals surface area contributed by atoms with Gasteiger partial charge in [-0.25, -0.2) is 4.79 Å². The first-order chi connectivity index (χ1) is 20.8. The molecule has 4 aliphatic rings. The number of fused-ring (bicyclic) bond motifs is 1. The number of nitrogens with one attached hydrogen (secondary N) is 1. The number of rotatable bonds is 7. The molecule has 2 aromatic rings. The number of hydrogen-bond acceptors (Lipinski definition) is 6. The number of piperidine rings is 2. The van der Waals surface area contributed by atoms with Crippen molar-refractivity contribution in [2.75, 3.05) is 50.3 Å². The fraction of sp³-hybridized carbons (Fsp3) is 0.594. The van der Waals surface area contributed by atoms with Crippen molar-refractivity contribution in [3.05, 3.63) is 45.3 Å². The van der Waals surface area contributed by atoms with Gasteiger partial charge in [-0.1, -0.05) is 17.7 Å². The number of nitrogen functional groups attached to an aromatic ring is 1. The SMILES string of the molecule is Cc1cc(C[C@@H](CC(=O)N2CCC(N3Cc4ccsc4NC3=O)CC2)C(=O)N2CCC(N3CCCC3)CC2)cc(Cl)c1N. The summed E-state index contributed by atoms with van der Waals surface area (Å²) in [5, 5.41) is 6.43. The molecule has 1 atom stereocenters. The molecule has 3 N–H and O–H groups in total. The molecule has 0 bridgehead atoms. The molecule has 4 amide bonds. The smallest absolute Gasteiger partial charge is 0.323 e. The molecule has 0 spiro atoms. The predicted octanol–water partition coefficient (Wildman–Crippen LogP) is 4.97. The van der Waals surface area contributed by atoms with E-state index in [1.807, 2.05) is 39.1 Å². The van der Waals surface area contributed by atoms with E-state index in [4.69, 9.17) is 17.3 Å². The highest BCUT2D eigenvalue weighted by molar-refractivity contribution is 7.14. The van der Waals surface area contributed by atoms with Crippen LogP contribution in [0.4, 0.5) is 15.5 Å². The van der Waals surface area contributed by atoms with Gasteiger partial charge >= 0.3 is 6.03 Å². The van der Waals surface area contributed by atoms with Crippen molar-refractivity contribution in [2.24, 2.45) is 5.92 Å². The largest absolute Gasteiger partial charge is 0.397 e. The number of urea groups is 1. The van der Waals surface area contributed by atoms with E-state index in [1.54, 1.807) is 11.3 Å². The van der Waals surface area contributed by atoms with Gasteiger partial charge in [-0.3, -0.25) is 14.9 Å². The lowest BCUT2D eigenvalue weighted by molar-refractivity contribution is -0.143. The van der Waals surface area contributed by atoms with E-state index >= 15 is 0 Å². The Labute approximate surface area is 263 Å². The normalized spacial score (nSPS) is 21.2. The molecule has 9 nitrogen and oxygen atoms in total. The molecular weight excluding hydrogens is 584 g/mol. The summed E-state index contributed by atoms with van der Waals surface area (Å²) in [6.07, 6.45) is 6.59.